The van der Waals surface area contributed by atoms with Crippen LogP contribution in [0, 0.1) is 41.4 Å². The molecule has 3 saturated carbocycles. The van der Waals surface area contributed by atoms with Gasteiger partial charge in [-0.15, -0.1) is 0 Å². The summed E-state index contributed by atoms with van der Waals surface area (Å²) < 4.78 is 0. The minimum absolute atomic E-state index is 0.816. The van der Waals surface area contributed by atoms with Crippen LogP contribution in [-0.2, 0) is 0 Å². The Balaban J connectivity index is 1.47. The van der Waals surface area contributed by atoms with Crippen molar-refractivity contribution in [3.8, 4) is 0 Å². The highest BCUT2D eigenvalue weighted by Crippen LogP contribution is 2.67. The van der Waals surface area contributed by atoms with E-state index in [0.29, 0.717) is 0 Å². The van der Waals surface area contributed by atoms with Gasteiger partial charge in [-0.3, -0.25) is 0 Å². The number of rotatable bonds is 3. The first-order valence-corrected chi connectivity index (χ1v) is 11.9. The Kier molecular flexibility index (Phi) is 2.45. The maximum absolute atomic E-state index is 2.59. The summed E-state index contributed by atoms with van der Waals surface area (Å²) in [5.74, 6) is 7.66. The molecule has 4 bridgehead atoms. The highest BCUT2D eigenvalue weighted by atomic mass is 28.3. The van der Waals surface area contributed by atoms with Crippen molar-refractivity contribution in [3.05, 3.63) is 12.2 Å². The first kappa shape index (κ1) is 11.8. The van der Waals surface area contributed by atoms with Gasteiger partial charge < -0.3 is 0 Å². The minimum atomic E-state index is -0.816. The number of allylic oxidation sites excluding steroid dienone is 2. The second kappa shape index (κ2) is 3.74. The molecule has 4 aliphatic carbocycles. The van der Waals surface area contributed by atoms with Gasteiger partial charge in [-0.2, -0.15) is 0 Å². The van der Waals surface area contributed by atoms with Crippen LogP contribution in [0.25, 0.3) is 0 Å². The van der Waals surface area contributed by atoms with Crippen LogP contribution in [0.1, 0.15) is 25.7 Å². The van der Waals surface area contributed by atoms with Crippen LogP contribution in [0.5, 0.6) is 0 Å². The summed E-state index contributed by atoms with van der Waals surface area (Å²) >= 11 is 0. The van der Waals surface area contributed by atoms with Gasteiger partial charge >= 0.3 is 0 Å². The van der Waals surface area contributed by atoms with Crippen molar-refractivity contribution in [1.82, 2.24) is 0 Å². The molecule has 0 aromatic rings. The second-order valence-corrected chi connectivity index (χ2v) is 14.5. The molecule has 0 saturated heterocycles. The lowest BCUT2D eigenvalue weighted by Crippen LogP contribution is -2.32. The third-order valence-corrected chi connectivity index (χ3v) is 8.46. The summed E-state index contributed by atoms with van der Waals surface area (Å²) in [6.07, 6.45) is 11.5. The molecule has 18 heavy (non-hydrogen) atoms. The van der Waals surface area contributed by atoms with E-state index in [4.69, 9.17) is 0 Å². The van der Waals surface area contributed by atoms with Crippen molar-refractivity contribution < 1.29 is 0 Å². The molecule has 4 rings (SSSR count). The van der Waals surface area contributed by atoms with Crippen molar-refractivity contribution in [1.29, 1.82) is 0 Å². The summed E-state index contributed by atoms with van der Waals surface area (Å²) in [7, 11) is -0.816. The maximum Gasteiger partial charge on any atom is 0.0442 e. The summed E-state index contributed by atoms with van der Waals surface area (Å²) in [4.78, 5) is 0. The van der Waals surface area contributed by atoms with E-state index in [9.17, 15) is 0 Å². The third-order valence-electron chi connectivity index (χ3n) is 6.67. The number of hydrogen-bond acceptors (Lipinski definition) is 0. The molecule has 0 spiro atoms. The van der Waals surface area contributed by atoms with E-state index in [-0.39, 0.29) is 0 Å². The summed E-state index contributed by atoms with van der Waals surface area (Å²) in [6.45, 7) is 7.63. The molecule has 0 heterocycles. The SMILES string of the molecule is C[Si](C)(C)CCC1CC2CC1C1C3C=CC(C3)C21. The molecule has 0 amide bonds. The van der Waals surface area contributed by atoms with Gasteiger partial charge in [0, 0.05) is 8.07 Å². The Morgan fingerprint density at radius 2 is 1.67 bits per heavy atom. The molecule has 7 unspecified atom stereocenters. The van der Waals surface area contributed by atoms with Gasteiger partial charge in [0.2, 0.25) is 0 Å². The average Bonchev–Trinajstić information content (AvgIpc) is 3.02. The first-order chi connectivity index (χ1) is 8.53. The normalized spacial score (nSPS) is 52.3. The highest BCUT2D eigenvalue weighted by Gasteiger charge is 2.60. The predicted molar refractivity (Wildman–Crippen MR) is 80.2 cm³/mol. The molecule has 0 N–H and O–H groups in total. The molecule has 7 atom stereocenters. The lowest BCUT2D eigenvalue weighted by atomic mass is 9.69. The minimum Gasteiger partial charge on any atom is -0.0848 e. The van der Waals surface area contributed by atoms with Crippen LogP contribution < -0.4 is 0 Å². The molecule has 4 aliphatic rings. The van der Waals surface area contributed by atoms with Crippen molar-refractivity contribution in [2.45, 2.75) is 51.4 Å². The van der Waals surface area contributed by atoms with Gasteiger partial charge in [-0.05, 0) is 60.7 Å². The molecule has 0 aromatic carbocycles. The van der Waals surface area contributed by atoms with Gasteiger partial charge in [0.05, 0.1) is 0 Å². The molecule has 0 radical (unpaired) electrons. The Labute approximate surface area is 113 Å². The predicted octanol–water partition coefficient (Wildman–Crippen LogP) is 4.81. The molecule has 100 valence electrons. The molecule has 0 nitrogen and oxygen atoms in total. The molecular formula is C17H28Si. The largest absolute Gasteiger partial charge is 0.0848 e. The smallest absolute Gasteiger partial charge is 0.0442 e. The molecule has 1 heteroatoms. The van der Waals surface area contributed by atoms with Crippen LogP contribution in [0.2, 0.25) is 25.7 Å². The van der Waals surface area contributed by atoms with Gasteiger partial charge in [-0.1, -0.05) is 44.3 Å². The fourth-order valence-corrected chi connectivity index (χ4v) is 7.34. The van der Waals surface area contributed by atoms with E-state index < -0.39 is 8.07 Å². The van der Waals surface area contributed by atoms with E-state index in [1.165, 1.54) is 6.42 Å². The maximum atomic E-state index is 2.59. The molecule has 0 aliphatic heterocycles. The van der Waals surface area contributed by atoms with E-state index in [0.717, 1.165) is 41.4 Å². The van der Waals surface area contributed by atoms with Gasteiger partial charge in [0.15, 0.2) is 0 Å². The Morgan fingerprint density at radius 1 is 0.944 bits per heavy atom. The van der Waals surface area contributed by atoms with Crippen molar-refractivity contribution >= 4 is 8.07 Å². The lowest BCUT2D eigenvalue weighted by molar-refractivity contribution is 0.147. The van der Waals surface area contributed by atoms with Crippen LogP contribution >= 0.6 is 0 Å². The Bertz CT molecular complexity index is 378. The molecule has 0 aromatic heterocycles. The fourth-order valence-electron chi connectivity index (χ4n) is 6.10. The monoisotopic (exact) mass is 260 g/mol. The van der Waals surface area contributed by atoms with Crippen LogP contribution in [-0.4, -0.2) is 8.07 Å². The number of fused-ring (bicyclic) bond motifs is 9. The zero-order valence-electron chi connectivity index (χ0n) is 12.2. The lowest BCUT2D eigenvalue weighted by Gasteiger charge is -2.37. The number of hydrogen-bond donors (Lipinski definition) is 0. The van der Waals surface area contributed by atoms with Gasteiger partial charge in [0.25, 0.3) is 0 Å². The standard InChI is InChI=1S/C17H28Si/c1-18(2,3)7-6-11-8-14-10-15(11)17-13-5-4-12(9-13)16(14)17/h4-5,11-17H,6-10H2,1-3H3. The van der Waals surface area contributed by atoms with Crippen molar-refractivity contribution in [3.63, 3.8) is 0 Å². The van der Waals surface area contributed by atoms with E-state index >= 15 is 0 Å². The zero-order chi connectivity index (χ0) is 12.5. The van der Waals surface area contributed by atoms with E-state index in [1.54, 1.807) is 25.3 Å². The third kappa shape index (κ3) is 1.62. The Hall–Kier alpha value is -0.0431. The summed E-state index contributed by atoms with van der Waals surface area (Å²) in [5.41, 5.74) is 0. The fraction of sp³-hybridized carbons (Fsp3) is 0.882. The van der Waals surface area contributed by atoms with Gasteiger partial charge in [0.1, 0.15) is 0 Å². The van der Waals surface area contributed by atoms with Crippen LogP contribution in [0.15, 0.2) is 12.2 Å². The average molecular weight is 260 g/mol. The first-order valence-electron chi connectivity index (χ1n) is 8.21. The second-order valence-electron chi connectivity index (χ2n) is 8.86. The van der Waals surface area contributed by atoms with Crippen LogP contribution in [0.3, 0.4) is 0 Å². The quantitative estimate of drug-likeness (QED) is 0.388. The van der Waals surface area contributed by atoms with E-state index in [1.807, 2.05) is 0 Å². The summed E-state index contributed by atoms with van der Waals surface area (Å²) in [5, 5.41) is 0. The zero-order valence-corrected chi connectivity index (χ0v) is 13.2. The van der Waals surface area contributed by atoms with Crippen molar-refractivity contribution in [2.24, 2.45) is 41.4 Å². The topological polar surface area (TPSA) is 0 Å². The summed E-state index contributed by atoms with van der Waals surface area (Å²) in [6, 6.07) is 1.57. The van der Waals surface area contributed by atoms with Gasteiger partial charge in [-0.25, -0.2) is 0 Å². The van der Waals surface area contributed by atoms with Crippen molar-refractivity contribution in [2.75, 3.05) is 0 Å². The molecule has 3 fully saturated rings. The highest BCUT2D eigenvalue weighted by molar-refractivity contribution is 6.76. The van der Waals surface area contributed by atoms with Crippen LogP contribution in [0.4, 0.5) is 0 Å². The van der Waals surface area contributed by atoms with E-state index in [2.05, 4.69) is 31.8 Å². The Morgan fingerprint density at radius 3 is 2.39 bits per heavy atom. The molecular weight excluding hydrogens is 232 g/mol.